The van der Waals surface area contributed by atoms with Gasteiger partial charge in [-0.25, -0.2) is 0 Å². The number of hydrogen-bond donors (Lipinski definition) is 1. The summed E-state index contributed by atoms with van der Waals surface area (Å²) < 4.78 is 1.28. The van der Waals surface area contributed by atoms with E-state index in [1.54, 1.807) is 0 Å². The van der Waals surface area contributed by atoms with Gasteiger partial charge in [0.05, 0.1) is 0 Å². The zero-order chi connectivity index (χ0) is 13.7. The monoisotopic (exact) mass is 365 g/mol. The summed E-state index contributed by atoms with van der Waals surface area (Å²) in [6.45, 7) is 6.46. The predicted molar refractivity (Wildman–Crippen MR) is 90.3 cm³/mol. The van der Waals surface area contributed by atoms with Crippen LogP contribution in [-0.2, 0) is 12.0 Å². The summed E-state index contributed by atoms with van der Waals surface area (Å²) in [5.74, 6) is 0. The van der Waals surface area contributed by atoms with Crippen molar-refractivity contribution in [3.05, 3.63) is 69.3 Å². The third kappa shape index (κ3) is 4.32. The van der Waals surface area contributed by atoms with Crippen molar-refractivity contribution in [1.82, 2.24) is 5.32 Å². The van der Waals surface area contributed by atoms with Crippen LogP contribution in [0.25, 0.3) is 0 Å². The highest BCUT2D eigenvalue weighted by atomic mass is 127. The number of nitrogens with one attached hydrogen (secondary N) is 1. The SMILES string of the molecule is CC(C)(CNCc1ccc(I)cc1)c1ccccc1. The summed E-state index contributed by atoms with van der Waals surface area (Å²) in [5.41, 5.74) is 2.87. The summed E-state index contributed by atoms with van der Waals surface area (Å²) in [7, 11) is 0. The minimum Gasteiger partial charge on any atom is -0.312 e. The number of hydrogen-bond acceptors (Lipinski definition) is 1. The van der Waals surface area contributed by atoms with Gasteiger partial charge < -0.3 is 5.32 Å². The highest BCUT2D eigenvalue weighted by molar-refractivity contribution is 14.1. The van der Waals surface area contributed by atoms with Gasteiger partial charge in [-0.2, -0.15) is 0 Å². The van der Waals surface area contributed by atoms with Crippen LogP contribution >= 0.6 is 22.6 Å². The molecule has 0 aliphatic heterocycles. The molecule has 0 atom stereocenters. The Balaban J connectivity index is 1.90. The van der Waals surface area contributed by atoms with E-state index in [1.165, 1.54) is 14.7 Å². The molecule has 0 aliphatic carbocycles. The van der Waals surface area contributed by atoms with Crippen LogP contribution in [0.5, 0.6) is 0 Å². The number of rotatable bonds is 5. The fourth-order valence-electron chi connectivity index (χ4n) is 2.11. The van der Waals surface area contributed by atoms with Gasteiger partial charge in [0.1, 0.15) is 0 Å². The van der Waals surface area contributed by atoms with Crippen molar-refractivity contribution in [2.24, 2.45) is 0 Å². The summed E-state index contributed by atoms with van der Waals surface area (Å²) in [6.07, 6.45) is 0. The van der Waals surface area contributed by atoms with E-state index >= 15 is 0 Å². The molecule has 2 aromatic rings. The summed E-state index contributed by atoms with van der Waals surface area (Å²) >= 11 is 2.33. The highest BCUT2D eigenvalue weighted by Crippen LogP contribution is 2.21. The van der Waals surface area contributed by atoms with Crippen LogP contribution in [0.15, 0.2) is 54.6 Å². The molecule has 2 rings (SSSR count). The normalized spacial score (nSPS) is 11.5. The molecule has 0 fully saturated rings. The minimum absolute atomic E-state index is 0.157. The molecule has 2 heteroatoms. The van der Waals surface area contributed by atoms with E-state index in [0.29, 0.717) is 0 Å². The second kappa shape index (κ2) is 6.53. The van der Waals surface area contributed by atoms with E-state index in [9.17, 15) is 0 Å². The standard InChI is InChI=1S/C17H20IN/c1-17(2,15-6-4-3-5-7-15)13-19-12-14-8-10-16(18)11-9-14/h3-11,19H,12-13H2,1-2H3. The van der Waals surface area contributed by atoms with Gasteiger partial charge in [0.15, 0.2) is 0 Å². The van der Waals surface area contributed by atoms with Gasteiger partial charge in [-0.05, 0) is 45.9 Å². The minimum atomic E-state index is 0.157. The van der Waals surface area contributed by atoms with E-state index in [-0.39, 0.29) is 5.41 Å². The lowest BCUT2D eigenvalue weighted by molar-refractivity contribution is 0.469. The van der Waals surface area contributed by atoms with Crippen molar-refractivity contribution in [2.45, 2.75) is 25.8 Å². The summed E-state index contributed by atoms with van der Waals surface area (Å²) in [6, 6.07) is 19.4. The van der Waals surface area contributed by atoms with E-state index in [2.05, 4.69) is 96.4 Å². The van der Waals surface area contributed by atoms with Crippen molar-refractivity contribution < 1.29 is 0 Å². The van der Waals surface area contributed by atoms with Gasteiger partial charge in [0, 0.05) is 22.1 Å². The molecule has 0 spiro atoms. The lowest BCUT2D eigenvalue weighted by Crippen LogP contribution is -2.32. The molecular weight excluding hydrogens is 345 g/mol. The van der Waals surface area contributed by atoms with Crippen LogP contribution in [0.2, 0.25) is 0 Å². The first-order valence-electron chi connectivity index (χ1n) is 6.59. The smallest absolute Gasteiger partial charge is 0.0205 e. The maximum atomic E-state index is 3.56. The molecule has 0 saturated carbocycles. The maximum Gasteiger partial charge on any atom is 0.0205 e. The zero-order valence-electron chi connectivity index (χ0n) is 11.5. The predicted octanol–water partition coefficient (Wildman–Crippen LogP) is 4.36. The van der Waals surface area contributed by atoms with Crippen LogP contribution in [0, 0.1) is 3.57 Å². The molecule has 100 valence electrons. The van der Waals surface area contributed by atoms with Gasteiger partial charge >= 0.3 is 0 Å². The van der Waals surface area contributed by atoms with Crippen LogP contribution in [0.1, 0.15) is 25.0 Å². The Labute approximate surface area is 129 Å². The lowest BCUT2D eigenvalue weighted by Gasteiger charge is -2.25. The summed E-state index contributed by atoms with van der Waals surface area (Å²) in [4.78, 5) is 0. The molecule has 0 heterocycles. The molecule has 0 radical (unpaired) electrons. The van der Waals surface area contributed by atoms with Crippen LogP contribution in [0.4, 0.5) is 0 Å². The molecule has 1 N–H and O–H groups in total. The molecule has 0 saturated heterocycles. The Hall–Kier alpha value is -0.870. The molecule has 1 nitrogen and oxygen atoms in total. The third-order valence-corrected chi connectivity index (χ3v) is 4.08. The van der Waals surface area contributed by atoms with Crippen LogP contribution in [0.3, 0.4) is 0 Å². The first-order valence-corrected chi connectivity index (χ1v) is 7.66. The van der Waals surface area contributed by atoms with E-state index < -0.39 is 0 Å². The van der Waals surface area contributed by atoms with Crippen LogP contribution in [-0.4, -0.2) is 6.54 Å². The highest BCUT2D eigenvalue weighted by Gasteiger charge is 2.19. The Morgan fingerprint density at radius 3 is 2.21 bits per heavy atom. The van der Waals surface area contributed by atoms with Gasteiger partial charge in [0.25, 0.3) is 0 Å². The fraction of sp³-hybridized carbons (Fsp3) is 0.294. The third-order valence-electron chi connectivity index (χ3n) is 3.36. The number of halogens is 1. The molecule has 0 bridgehead atoms. The fourth-order valence-corrected chi connectivity index (χ4v) is 2.47. The van der Waals surface area contributed by atoms with E-state index in [4.69, 9.17) is 0 Å². The van der Waals surface area contributed by atoms with Gasteiger partial charge in [-0.1, -0.05) is 56.3 Å². The van der Waals surface area contributed by atoms with Crippen molar-refractivity contribution in [2.75, 3.05) is 6.54 Å². The van der Waals surface area contributed by atoms with Crippen molar-refractivity contribution in [3.8, 4) is 0 Å². The maximum absolute atomic E-state index is 3.56. The lowest BCUT2D eigenvalue weighted by atomic mass is 9.84. The second-order valence-electron chi connectivity index (χ2n) is 5.48. The van der Waals surface area contributed by atoms with Crippen LogP contribution < -0.4 is 5.32 Å². The van der Waals surface area contributed by atoms with Gasteiger partial charge in [-0.3, -0.25) is 0 Å². The second-order valence-corrected chi connectivity index (χ2v) is 6.73. The summed E-state index contributed by atoms with van der Waals surface area (Å²) in [5, 5.41) is 3.56. The molecule has 0 unspecified atom stereocenters. The molecule has 0 amide bonds. The van der Waals surface area contributed by atoms with Gasteiger partial charge in [0.2, 0.25) is 0 Å². The Morgan fingerprint density at radius 1 is 0.947 bits per heavy atom. The Kier molecular flexibility index (Phi) is 4.99. The molecule has 0 aliphatic rings. The van der Waals surface area contributed by atoms with Crippen molar-refractivity contribution in [1.29, 1.82) is 0 Å². The molecule has 2 aromatic carbocycles. The average Bonchev–Trinajstić information content (AvgIpc) is 2.42. The molecular formula is C17H20IN. The first kappa shape index (κ1) is 14.5. The molecule has 19 heavy (non-hydrogen) atoms. The van der Waals surface area contributed by atoms with E-state index in [0.717, 1.165) is 13.1 Å². The zero-order valence-corrected chi connectivity index (χ0v) is 13.6. The van der Waals surface area contributed by atoms with Crippen molar-refractivity contribution in [3.63, 3.8) is 0 Å². The Bertz CT molecular complexity index is 503. The quantitative estimate of drug-likeness (QED) is 0.777. The van der Waals surface area contributed by atoms with Crippen molar-refractivity contribution >= 4 is 22.6 Å². The molecule has 0 aromatic heterocycles. The van der Waals surface area contributed by atoms with E-state index in [1.807, 2.05) is 0 Å². The largest absolute Gasteiger partial charge is 0.312 e. The van der Waals surface area contributed by atoms with Gasteiger partial charge in [-0.15, -0.1) is 0 Å². The first-order chi connectivity index (χ1) is 9.08. The topological polar surface area (TPSA) is 12.0 Å². The number of benzene rings is 2. The Morgan fingerprint density at radius 2 is 1.58 bits per heavy atom. The average molecular weight is 365 g/mol.